The average molecular weight is 461 g/mol. The molecule has 6 rings (SSSR count). The number of carbonyl (C=O) groups is 1. The number of ketones is 1. The quantitative estimate of drug-likeness (QED) is 0.376. The minimum atomic E-state index is 0.145. The number of rotatable bonds is 3. The zero-order valence-electron chi connectivity index (χ0n) is 22.0. The van der Waals surface area contributed by atoms with Crippen LogP contribution in [-0.2, 0) is 0 Å². The van der Waals surface area contributed by atoms with E-state index < -0.39 is 0 Å². The summed E-state index contributed by atoms with van der Waals surface area (Å²) in [6.45, 7) is 8.14. The van der Waals surface area contributed by atoms with Crippen molar-refractivity contribution >= 4 is 11.5 Å². The summed E-state index contributed by atoms with van der Waals surface area (Å²) in [6.07, 6.45) is 13.8. The van der Waals surface area contributed by atoms with E-state index in [0.29, 0.717) is 16.9 Å². The second kappa shape index (κ2) is 7.95. The first-order chi connectivity index (χ1) is 16.2. The number of Topliss-reactive ketones (excluding diaryl/α,β-unsaturated/α-hetero) is 1. The fourth-order valence-corrected chi connectivity index (χ4v) is 9.92. The van der Waals surface area contributed by atoms with Crippen molar-refractivity contribution in [3.05, 3.63) is 41.5 Å². The summed E-state index contributed by atoms with van der Waals surface area (Å²) in [5.74, 6) is 3.86. The summed E-state index contributed by atoms with van der Waals surface area (Å²) in [4.78, 5) is 16.8. The van der Waals surface area contributed by atoms with Gasteiger partial charge in [-0.3, -0.25) is 4.79 Å². The molecule has 3 nitrogen and oxygen atoms in total. The molecular weight excluding hydrogens is 416 g/mol. The summed E-state index contributed by atoms with van der Waals surface area (Å²) >= 11 is 0. The highest BCUT2D eigenvalue weighted by atomic mass is 16.1. The molecule has 1 spiro atoms. The molecule has 1 heterocycles. The maximum Gasteiger partial charge on any atom is 0.159 e. The molecule has 0 aromatic heterocycles. The first-order valence-corrected chi connectivity index (χ1v) is 14.0. The number of anilines is 1. The molecule has 1 aromatic rings. The van der Waals surface area contributed by atoms with E-state index in [9.17, 15) is 4.79 Å². The Balaban J connectivity index is 1.21. The summed E-state index contributed by atoms with van der Waals surface area (Å²) < 4.78 is 0. The van der Waals surface area contributed by atoms with Crippen molar-refractivity contribution in [1.82, 2.24) is 4.90 Å². The number of hydrogen-bond acceptors (Lipinski definition) is 3. The number of fused-ring (bicyclic) bond motifs is 4. The smallest absolute Gasteiger partial charge is 0.159 e. The van der Waals surface area contributed by atoms with Crippen molar-refractivity contribution < 1.29 is 4.79 Å². The van der Waals surface area contributed by atoms with Gasteiger partial charge in [0.15, 0.2) is 5.78 Å². The zero-order valence-corrected chi connectivity index (χ0v) is 22.0. The van der Waals surface area contributed by atoms with Crippen molar-refractivity contribution in [2.75, 3.05) is 25.5 Å². The van der Waals surface area contributed by atoms with E-state index in [4.69, 9.17) is 0 Å². The molecule has 8 unspecified atom stereocenters. The molecule has 8 atom stereocenters. The summed E-state index contributed by atoms with van der Waals surface area (Å²) in [7, 11) is 4.63. The summed E-state index contributed by atoms with van der Waals surface area (Å²) in [5.41, 5.74) is 4.85. The van der Waals surface area contributed by atoms with Crippen LogP contribution in [0, 0.1) is 34.5 Å². The Hall–Kier alpha value is -1.61. The van der Waals surface area contributed by atoms with E-state index in [-0.39, 0.29) is 5.78 Å². The van der Waals surface area contributed by atoms with Gasteiger partial charge in [-0.05, 0) is 131 Å². The average Bonchev–Trinajstić information content (AvgIpc) is 3.31. The lowest BCUT2D eigenvalue weighted by molar-refractivity contribution is -0.0398. The van der Waals surface area contributed by atoms with E-state index in [1.165, 1.54) is 63.6 Å². The van der Waals surface area contributed by atoms with Crippen LogP contribution in [0.2, 0.25) is 0 Å². The molecule has 0 bridgehead atoms. The molecule has 4 fully saturated rings. The van der Waals surface area contributed by atoms with Gasteiger partial charge < -0.3 is 9.80 Å². The third kappa shape index (κ3) is 3.14. The molecule has 5 aliphatic rings. The van der Waals surface area contributed by atoms with Gasteiger partial charge in [0.2, 0.25) is 0 Å². The number of likely N-dealkylation sites (tertiary alicyclic amines) is 1. The van der Waals surface area contributed by atoms with Gasteiger partial charge in [0.1, 0.15) is 0 Å². The van der Waals surface area contributed by atoms with Crippen molar-refractivity contribution in [2.45, 2.75) is 84.2 Å². The molecule has 3 heteroatoms. The van der Waals surface area contributed by atoms with E-state index in [1.54, 1.807) is 12.5 Å². The summed E-state index contributed by atoms with van der Waals surface area (Å²) in [5, 5.41) is 0. The topological polar surface area (TPSA) is 23.6 Å². The highest BCUT2D eigenvalue weighted by molar-refractivity contribution is 5.94. The van der Waals surface area contributed by atoms with Gasteiger partial charge in [0.05, 0.1) is 0 Å². The first-order valence-electron chi connectivity index (χ1n) is 14.0. The van der Waals surface area contributed by atoms with Crippen LogP contribution in [-0.4, -0.2) is 43.4 Å². The van der Waals surface area contributed by atoms with Crippen molar-refractivity contribution in [2.24, 2.45) is 34.5 Å². The van der Waals surface area contributed by atoms with Crippen LogP contribution < -0.4 is 4.90 Å². The monoisotopic (exact) mass is 460 g/mol. The van der Waals surface area contributed by atoms with Crippen molar-refractivity contribution in [3.63, 3.8) is 0 Å². The Morgan fingerprint density at radius 1 is 1.03 bits per heavy atom. The third-order valence-electron chi connectivity index (χ3n) is 11.9. The van der Waals surface area contributed by atoms with E-state index >= 15 is 0 Å². The van der Waals surface area contributed by atoms with Crippen LogP contribution in [0.3, 0.4) is 0 Å². The van der Waals surface area contributed by atoms with Gasteiger partial charge in [-0.15, -0.1) is 0 Å². The Bertz CT molecular complexity index is 997. The number of hydrogen-bond donors (Lipinski definition) is 0. The molecule has 184 valence electrons. The summed E-state index contributed by atoms with van der Waals surface area (Å²) in [6, 6.07) is 9.58. The van der Waals surface area contributed by atoms with Crippen LogP contribution >= 0.6 is 0 Å². The van der Waals surface area contributed by atoms with Crippen LogP contribution in [0.15, 0.2) is 35.9 Å². The molecule has 1 saturated heterocycles. The molecule has 3 saturated carbocycles. The molecule has 4 aliphatic carbocycles. The molecule has 0 amide bonds. The minimum Gasteiger partial charge on any atom is -0.371 e. The molecule has 0 N–H and O–H groups in total. The maximum atomic E-state index is 11.7. The molecular formula is C31H44N2O. The Morgan fingerprint density at radius 2 is 1.76 bits per heavy atom. The maximum absolute atomic E-state index is 11.7. The lowest BCUT2D eigenvalue weighted by Gasteiger charge is -2.58. The number of benzene rings is 1. The highest BCUT2D eigenvalue weighted by Gasteiger charge is 2.64. The van der Waals surface area contributed by atoms with E-state index in [1.807, 2.05) is 12.1 Å². The van der Waals surface area contributed by atoms with Crippen LogP contribution in [0.4, 0.5) is 5.69 Å². The fraction of sp³-hybridized carbons (Fsp3) is 0.710. The second-order valence-electron chi connectivity index (χ2n) is 13.0. The predicted molar refractivity (Wildman–Crippen MR) is 140 cm³/mol. The SMILES string of the molecule is CC(=O)c1ccc(N(C)C2CCC3(C)C(=CCC4C3CCC35CN(C)C(C)C3CCC45)C2)cc1. The first kappa shape index (κ1) is 22.8. The third-order valence-corrected chi connectivity index (χ3v) is 11.9. The van der Waals surface area contributed by atoms with Gasteiger partial charge in [-0.2, -0.15) is 0 Å². The fourth-order valence-electron chi connectivity index (χ4n) is 9.92. The van der Waals surface area contributed by atoms with Gasteiger partial charge in [-0.25, -0.2) is 0 Å². The number of nitrogens with zero attached hydrogens (tertiary/aromatic N) is 2. The van der Waals surface area contributed by atoms with Crippen LogP contribution in [0.1, 0.15) is 82.5 Å². The lowest BCUT2D eigenvalue weighted by Crippen LogP contribution is -2.52. The zero-order chi connectivity index (χ0) is 23.8. The Morgan fingerprint density at radius 3 is 2.50 bits per heavy atom. The normalized spacial score (nSPS) is 43.4. The van der Waals surface area contributed by atoms with Crippen LogP contribution in [0.5, 0.6) is 0 Å². The second-order valence-corrected chi connectivity index (χ2v) is 13.0. The predicted octanol–water partition coefficient (Wildman–Crippen LogP) is 6.59. The number of allylic oxidation sites excluding steroid dienone is 1. The van der Waals surface area contributed by atoms with Crippen molar-refractivity contribution in [1.29, 1.82) is 0 Å². The number of carbonyl (C=O) groups excluding carboxylic acids is 1. The van der Waals surface area contributed by atoms with E-state index in [0.717, 1.165) is 35.3 Å². The van der Waals surface area contributed by atoms with Crippen molar-refractivity contribution in [3.8, 4) is 0 Å². The molecule has 0 radical (unpaired) electrons. The molecule has 34 heavy (non-hydrogen) atoms. The lowest BCUT2D eigenvalue weighted by atomic mass is 9.47. The van der Waals surface area contributed by atoms with Gasteiger partial charge in [-0.1, -0.05) is 18.6 Å². The van der Waals surface area contributed by atoms with Gasteiger partial charge in [0.25, 0.3) is 0 Å². The standard InChI is InChI=1S/C31H44N2O/c1-20-27-12-13-29-26-11-8-23-18-25(33(5)24-9-6-22(7-10-24)21(2)34)14-16-30(23,3)28(26)15-17-31(27,29)19-32(20)4/h6-10,20,25-29H,11-19H2,1-5H3. The minimum absolute atomic E-state index is 0.145. The Labute approximate surface area is 207 Å². The molecule has 1 aromatic carbocycles. The Kier molecular flexibility index (Phi) is 5.34. The van der Waals surface area contributed by atoms with Gasteiger partial charge >= 0.3 is 0 Å². The van der Waals surface area contributed by atoms with Crippen LogP contribution in [0.25, 0.3) is 0 Å². The highest BCUT2D eigenvalue weighted by Crippen LogP contribution is 2.68. The van der Waals surface area contributed by atoms with E-state index in [2.05, 4.69) is 56.0 Å². The largest absolute Gasteiger partial charge is 0.371 e. The van der Waals surface area contributed by atoms with Gasteiger partial charge in [0, 0.05) is 36.9 Å². The molecule has 1 aliphatic heterocycles.